The molecule has 0 aliphatic carbocycles. The number of carbonyl (C=O) groups is 2. The minimum absolute atomic E-state index is 0.0438. The van der Waals surface area contributed by atoms with Crippen LogP contribution < -0.4 is 5.32 Å². The normalized spacial score (nSPS) is 10.8. The van der Waals surface area contributed by atoms with Crippen molar-refractivity contribution in [1.29, 1.82) is 0 Å². The second-order valence-electron chi connectivity index (χ2n) is 4.83. The molecule has 0 spiro atoms. The van der Waals surface area contributed by atoms with E-state index in [4.69, 9.17) is 0 Å². The molecule has 0 aromatic carbocycles. The molecule has 0 saturated carbocycles. The third kappa shape index (κ3) is 9.44. The molecule has 0 radical (unpaired) electrons. The Kier molecular flexibility index (Phi) is 7.01. The van der Waals surface area contributed by atoms with Crippen molar-refractivity contribution in [3.63, 3.8) is 0 Å². The molecule has 0 saturated heterocycles. The van der Waals surface area contributed by atoms with E-state index in [1.54, 1.807) is 0 Å². The number of hydrogen-bond acceptors (Lipinski definition) is 2. The zero-order valence-electron chi connectivity index (χ0n) is 10.3. The molecule has 1 N–H and O–H groups in total. The topological polar surface area (TPSA) is 46.2 Å². The zero-order chi connectivity index (χ0) is 11.8. The average molecular weight is 213 g/mol. The van der Waals surface area contributed by atoms with E-state index in [1.807, 2.05) is 27.7 Å². The zero-order valence-corrected chi connectivity index (χ0v) is 10.3. The number of amides is 1. The Bertz CT molecular complexity index is 188. The van der Waals surface area contributed by atoms with Gasteiger partial charge in [-0.2, -0.15) is 0 Å². The molecule has 15 heavy (non-hydrogen) atoms. The summed E-state index contributed by atoms with van der Waals surface area (Å²) in [4.78, 5) is 22.5. The molecule has 0 atom stereocenters. The van der Waals surface area contributed by atoms with E-state index in [2.05, 4.69) is 5.32 Å². The van der Waals surface area contributed by atoms with Gasteiger partial charge in [0, 0.05) is 25.8 Å². The van der Waals surface area contributed by atoms with Crippen molar-refractivity contribution in [2.75, 3.05) is 6.54 Å². The smallest absolute Gasteiger partial charge is 0.220 e. The second kappa shape index (κ2) is 7.43. The van der Waals surface area contributed by atoms with Crippen molar-refractivity contribution in [2.45, 2.75) is 47.0 Å². The lowest BCUT2D eigenvalue weighted by molar-refractivity contribution is -0.122. The van der Waals surface area contributed by atoms with Gasteiger partial charge >= 0.3 is 0 Å². The first-order valence-electron chi connectivity index (χ1n) is 5.70. The van der Waals surface area contributed by atoms with Crippen molar-refractivity contribution < 1.29 is 9.59 Å². The molecule has 1 amide bonds. The molecule has 0 aliphatic heterocycles. The van der Waals surface area contributed by atoms with Gasteiger partial charge in [-0.05, 0) is 11.8 Å². The third-order valence-electron chi connectivity index (χ3n) is 1.96. The maximum Gasteiger partial charge on any atom is 0.220 e. The summed E-state index contributed by atoms with van der Waals surface area (Å²) in [5.74, 6) is 1.05. The average Bonchev–Trinajstić information content (AvgIpc) is 2.00. The highest BCUT2D eigenvalue weighted by Crippen LogP contribution is 2.02. The predicted octanol–water partition coefficient (Wildman–Crippen LogP) is 2.15. The minimum atomic E-state index is 0.0438. The fraction of sp³-hybridized carbons (Fsp3) is 0.833. The van der Waals surface area contributed by atoms with E-state index < -0.39 is 0 Å². The first-order valence-corrected chi connectivity index (χ1v) is 5.70. The molecule has 0 aromatic heterocycles. The first kappa shape index (κ1) is 14.1. The molecular formula is C12H23NO2. The molecule has 3 heteroatoms. The van der Waals surface area contributed by atoms with Gasteiger partial charge in [0.1, 0.15) is 5.78 Å². The highest BCUT2D eigenvalue weighted by Gasteiger charge is 2.07. The van der Waals surface area contributed by atoms with Crippen molar-refractivity contribution >= 4 is 11.7 Å². The Morgan fingerprint density at radius 2 is 1.53 bits per heavy atom. The van der Waals surface area contributed by atoms with E-state index >= 15 is 0 Å². The van der Waals surface area contributed by atoms with Gasteiger partial charge in [0.25, 0.3) is 0 Å². The summed E-state index contributed by atoms with van der Waals surface area (Å²) in [7, 11) is 0. The van der Waals surface area contributed by atoms with Crippen LogP contribution in [0.4, 0.5) is 0 Å². The molecule has 0 bridgehead atoms. The lowest BCUT2D eigenvalue weighted by Crippen LogP contribution is -2.27. The Morgan fingerprint density at radius 1 is 1.00 bits per heavy atom. The molecule has 0 fully saturated rings. The summed E-state index contributed by atoms with van der Waals surface area (Å²) >= 11 is 0. The van der Waals surface area contributed by atoms with Crippen LogP contribution in [0, 0.1) is 11.8 Å². The SMILES string of the molecule is CC(C)CC(=O)CCNC(=O)CC(C)C. The van der Waals surface area contributed by atoms with Crippen molar-refractivity contribution in [1.82, 2.24) is 5.32 Å². The van der Waals surface area contributed by atoms with Gasteiger partial charge in [-0.3, -0.25) is 9.59 Å². The lowest BCUT2D eigenvalue weighted by Gasteiger charge is -2.07. The van der Waals surface area contributed by atoms with Gasteiger partial charge < -0.3 is 5.32 Å². The Hall–Kier alpha value is -0.860. The molecule has 0 rings (SSSR count). The van der Waals surface area contributed by atoms with Gasteiger partial charge in [0.05, 0.1) is 0 Å². The van der Waals surface area contributed by atoms with Crippen LogP contribution in [0.25, 0.3) is 0 Å². The Balaban J connectivity index is 3.53. The van der Waals surface area contributed by atoms with Crippen molar-refractivity contribution in [3.8, 4) is 0 Å². The summed E-state index contributed by atoms with van der Waals surface area (Å²) < 4.78 is 0. The third-order valence-corrected chi connectivity index (χ3v) is 1.96. The fourth-order valence-electron chi connectivity index (χ4n) is 1.34. The molecule has 3 nitrogen and oxygen atoms in total. The van der Waals surface area contributed by atoms with Crippen LogP contribution in [0.2, 0.25) is 0 Å². The Labute approximate surface area is 92.6 Å². The maximum atomic E-state index is 11.3. The summed E-state index contributed by atoms with van der Waals surface area (Å²) in [5.41, 5.74) is 0. The van der Waals surface area contributed by atoms with Crippen LogP contribution in [0.1, 0.15) is 47.0 Å². The molecule has 88 valence electrons. The van der Waals surface area contributed by atoms with E-state index in [9.17, 15) is 9.59 Å². The highest BCUT2D eigenvalue weighted by molar-refractivity contribution is 5.80. The summed E-state index contributed by atoms with van der Waals surface area (Å²) in [5, 5.41) is 2.76. The lowest BCUT2D eigenvalue weighted by atomic mass is 10.1. The standard InChI is InChI=1S/C12H23NO2/c1-9(2)7-11(14)5-6-13-12(15)8-10(3)4/h9-10H,5-8H2,1-4H3,(H,13,15). The summed E-state index contributed by atoms with van der Waals surface area (Å²) in [6, 6.07) is 0. The monoisotopic (exact) mass is 213 g/mol. The quantitative estimate of drug-likeness (QED) is 0.704. The number of ketones is 1. The van der Waals surface area contributed by atoms with Gasteiger partial charge in [0.15, 0.2) is 0 Å². The molecular weight excluding hydrogens is 190 g/mol. The molecule has 0 aliphatic rings. The minimum Gasteiger partial charge on any atom is -0.356 e. The van der Waals surface area contributed by atoms with E-state index in [0.717, 1.165) is 0 Å². The van der Waals surface area contributed by atoms with Crippen molar-refractivity contribution in [3.05, 3.63) is 0 Å². The van der Waals surface area contributed by atoms with Crippen LogP contribution in [-0.4, -0.2) is 18.2 Å². The number of nitrogens with one attached hydrogen (secondary N) is 1. The number of rotatable bonds is 7. The van der Waals surface area contributed by atoms with Gasteiger partial charge in [-0.25, -0.2) is 0 Å². The maximum absolute atomic E-state index is 11.3. The Morgan fingerprint density at radius 3 is 2.00 bits per heavy atom. The summed E-state index contributed by atoms with van der Waals surface area (Å²) in [6.45, 7) is 8.54. The van der Waals surface area contributed by atoms with E-state index in [0.29, 0.717) is 37.6 Å². The van der Waals surface area contributed by atoms with E-state index in [1.165, 1.54) is 0 Å². The molecule has 0 heterocycles. The van der Waals surface area contributed by atoms with Crippen LogP contribution >= 0.6 is 0 Å². The van der Waals surface area contributed by atoms with Crippen molar-refractivity contribution in [2.24, 2.45) is 11.8 Å². The van der Waals surface area contributed by atoms with Crippen LogP contribution in [0.3, 0.4) is 0 Å². The van der Waals surface area contributed by atoms with Crippen LogP contribution in [-0.2, 0) is 9.59 Å². The molecule has 0 aromatic rings. The second-order valence-corrected chi connectivity index (χ2v) is 4.83. The first-order chi connectivity index (χ1) is 6.91. The molecule has 0 unspecified atom stereocenters. The van der Waals surface area contributed by atoms with E-state index in [-0.39, 0.29) is 11.7 Å². The van der Waals surface area contributed by atoms with Gasteiger partial charge in [-0.15, -0.1) is 0 Å². The van der Waals surface area contributed by atoms with Gasteiger partial charge in [0.2, 0.25) is 5.91 Å². The number of hydrogen-bond donors (Lipinski definition) is 1. The fourth-order valence-corrected chi connectivity index (χ4v) is 1.34. The number of Topliss-reactive ketones (excluding diaryl/α,β-unsaturated/α-hetero) is 1. The van der Waals surface area contributed by atoms with Gasteiger partial charge in [-0.1, -0.05) is 27.7 Å². The predicted molar refractivity (Wildman–Crippen MR) is 61.5 cm³/mol. The highest BCUT2D eigenvalue weighted by atomic mass is 16.1. The van der Waals surface area contributed by atoms with Crippen LogP contribution in [0.5, 0.6) is 0 Å². The van der Waals surface area contributed by atoms with Crippen LogP contribution in [0.15, 0.2) is 0 Å². The largest absolute Gasteiger partial charge is 0.356 e. The number of carbonyl (C=O) groups excluding carboxylic acids is 2. The summed E-state index contributed by atoms with van der Waals surface area (Å²) in [6.07, 6.45) is 1.61.